The van der Waals surface area contributed by atoms with Crippen LogP contribution in [0.3, 0.4) is 0 Å². The Morgan fingerprint density at radius 2 is 2.05 bits per heavy atom. The largest absolute Gasteiger partial charge is 0.391 e. The molecule has 4 unspecified atom stereocenters. The van der Waals surface area contributed by atoms with Gasteiger partial charge < -0.3 is 24.4 Å². The molecule has 1 fully saturated rings. The molecular weight excluding hydrogens is 284 g/mol. The number of ether oxygens (including phenoxy) is 3. The second-order valence-corrected chi connectivity index (χ2v) is 6.87. The third-order valence-electron chi connectivity index (χ3n) is 4.26. The van der Waals surface area contributed by atoms with Gasteiger partial charge in [-0.15, -0.1) is 0 Å². The zero-order chi connectivity index (χ0) is 16.6. The molecule has 0 aromatic carbocycles. The lowest BCUT2D eigenvalue weighted by molar-refractivity contribution is -0.323. The fourth-order valence-corrected chi connectivity index (χ4v) is 2.70. The molecule has 1 rings (SSSR count). The van der Waals surface area contributed by atoms with Crippen molar-refractivity contribution in [2.75, 3.05) is 19.8 Å². The first kappa shape index (κ1) is 19.8. The van der Waals surface area contributed by atoms with Crippen molar-refractivity contribution in [3.05, 3.63) is 0 Å². The van der Waals surface area contributed by atoms with E-state index in [1.165, 1.54) is 6.42 Å². The monoisotopic (exact) mass is 318 g/mol. The van der Waals surface area contributed by atoms with E-state index in [0.29, 0.717) is 32.7 Å². The van der Waals surface area contributed by atoms with Gasteiger partial charge in [0.05, 0.1) is 31.0 Å². The molecule has 0 aromatic rings. The van der Waals surface area contributed by atoms with Crippen molar-refractivity contribution in [3.63, 3.8) is 0 Å². The van der Waals surface area contributed by atoms with Crippen LogP contribution in [-0.2, 0) is 14.2 Å². The summed E-state index contributed by atoms with van der Waals surface area (Å²) in [6.07, 6.45) is 4.75. The number of rotatable bonds is 12. The first-order valence-corrected chi connectivity index (χ1v) is 8.60. The summed E-state index contributed by atoms with van der Waals surface area (Å²) >= 11 is 0. The van der Waals surface area contributed by atoms with E-state index in [1.54, 1.807) is 6.92 Å². The molecule has 0 amide bonds. The fourth-order valence-electron chi connectivity index (χ4n) is 2.70. The van der Waals surface area contributed by atoms with E-state index in [0.717, 1.165) is 19.3 Å². The molecule has 4 atom stereocenters. The fraction of sp³-hybridized carbons (Fsp3) is 1.00. The molecule has 0 saturated carbocycles. The smallest absolute Gasteiger partial charge is 0.165 e. The highest BCUT2D eigenvalue weighted by Gasteiger charge is 2.40. The van der Waals surface area contributed by atoms with E-state index in [4.69, 9.17) is 14.2 Å². The minimum Gasteiger partial charge on any atom is -0.391 e. The predicted molar refractivity (Wildman–Crippen MR) is 85.7 cm³/mol. The van der Waals surface area contributed by atoms with Gasteiger partial charge in [0.25, 0.3) is 0 Å². The van der Waals surface area contributed by atoms with Crippen LogP contribution in [0, 0.1) is 0 Å². The minimum absolute atomic E-state index is 0.0525. The maximum absolute atomic E-state index is 10.1. The maximum Gasteiger partial charge on any atom is 0.165 e. The normalized spacial score (nSPS) is 28.9. The summed E-state index contributed by atoms with van der Waals surface area (Å²) in [7, 11) is 0. The number of unbranched alkanes of at least 4 members (excludes halogenated alkanes) is 2. The molecule has 0 aliphatic carbocycles. The van der Waals surface area contributed by atoms with Crippen LogP contribution in [0.25, 0.3) is 0 Å². The summed E-state index contributed by atoms with van der Waals surface area (Å²) in [5.41, 5.74) is -0.392. The van der Waals surface area contributed by atoms with Crippen LogP contribution in [0.1, 0.15) is 66.2 Å². The van der Waals surface area contributed by atoms with Crippen molar-refractivity contribution >= 4 is 0 Å². The number of hydrogen-bond donors (Lipinski definition) is 2. The Bertz CT molecular complexity index is 299. The lowest BCUT2D eigenvalue weighted by atomic mass is 9.95. The molecular formula is C17H34O5. The van der Waals surface area contributed by atoms with Crippen LogP contribution in [0.2, 0.25) is 0 Å². The third-order valence-corrected chi connectivity index (χ3v) is 4.26. The summed E-state index contributed by atoms with van der Waals surface area (Å²) in [5.74, 6) is -0.998. The van der Waals surface area contributed by atoms with E-state index in [1.807, 2.05) is 13.8 Å². The molecule has 0 bridgehead atoms. The third kappa shape index (κ3) is 7.38. The van der Waals surface area contributed by atoms with Crippen LogP contribution in [-0.4, -0.2) is 53.6 Å². The van der Waals surface area contributed by atoms with E-state index in [2.05, 4.69) is 6.92 Å². The summed E-state index contributed by atoms with van der Waals surface area (Å²) in [6, 6.07) is 0. The molecule has 5 nitrogen and oxygen atoms in total. The van der Waals surface area contributed by atoms with Crippen molar-refractivity contribution in [3.8, 4) is 0 Å². The van der Waals surface area contributed by atoms with Crippen LogP contribution >= 0.6 is 0 Å². The Kier molecular flexibility index (Phi) is 8.28. The molecule has 1 heterocycles. The minimum atomic E-state index is -0.998. The zero-order valence-electron chi connectivity index (χ0n) is 14.6. The molecule has 2 N–H and O–H groups in total. The van der Waals surface area contributed by atoms with Crippen LogP contribution in [0.4, 0.5) is 0 Å². The van der Waals surface area contributed by atoms with Crippen LogP contribution < -0.4 is 0 Å². The average molecular weight is 318 g/mol. The predicted octanol–water partition coefficient (Wildman–Crippen LogP) is 2.63. The summed E-state index contributed by atoms with van der Waals surface area (Å²) < 4.78 is 16.8. The highest BCUT2D eigenvalue weighted by molar-refractivity contribution is 4.83. The Balaban J connectivity index is 2.20. The van der Waals surface area contributed by atoms with E-state index in [-0.39, 0.29) is 6.10 Å². The first-order valence-electron chi connectivity index (χ1n) is 8.60. The van der Waals surface area contributed by atoms with Crippen molar-refractivity contribution in [1.82, 2.24) is 0 Å². The molecule has 0 radical (unpaired) electrons. The standard InChI is InChI=1S/C17H34O5/c1-5-7-8-9-20-12-14(18)10-16(3,6-2)21-13-15-11-17(4,19)22-15/h14-15,18-19H,5-13H2,1-4H3. The van der Waals surface area contributed by atoms with E-state index in [9.17, 15) is 10.2 Å². The topological polar surface area (TPSA) is 68.2 Å². The second-order valence-electron chi connectivity index (χ2n) is 6.87. The van der Waals surface area contributed by atoms with Crippen molar-refractivity contribution in [2.24, 2.45) is 0 Å². The second kappa shape index (κ2) is 9.18. The van der Waals surface area contributed by atoms with Gasteiger partial charge in [0, 0.05) is 19.4 Å². The van der Waals surface area contributed by atoms with Crippen LogP contribution in [0.15, 0.2) is 0 Å². The molecule has 132 valence electrons. The number of aliphatic hydroxyl groups excluding tert-OH is 1. The van der Waals surface area contributed by atoms with Gasteiger partial charge in [0.1, 0.15) is 0 Å². The first-order chi connectivity index (χ1) is 10.3. The molecule has 0 aromatic heterocycles. The van der Waals surface area contributed by atoms with Gasteiger partial charge in [-0.05, 0) is 26.7 Å². The SMILES string of the molecule is CCCCCOCC(O)CC(C)(CC)OCC1CC(C)(O)O1. The number of hydrogen-bond acceptors (Lipinski definition) is 5. The quantitative estimate of drug-likeness (QED) is 0.541. The molecule has 22 heavy (non-hydrogen) atoms. The number of aliphatic hydroxyl groups is 2. The Morgan fingerprint density at radius 3 is 2.59 bits per heavy atom. The molecule has 1 aliphatic rings. The highest BCUT2D eigenvalue weighted by Crippen LogP contribution is 2.31. The molecule has 5 heteroatoms. The summed E-state index contributed by atoms with van der Waals surface area (Å²) in [4.78, 5) is 0. The van der Waals surface area contributed by atoms with Gasteiger partial charge in [-0.2, -0.15) is 0 Å². The summed E-state index contributed by atoms with van der Waals surface area (Å²) in [6.45, 7) is 9.38. The van der Waals surface area contributed by atoms with Gasteiger partial charge in [0.15, 0.2) is 5.79 Å². The lowest BCUT2D eigenvalue weighted by Crippen LogP contribution is -2.51. The molecule has 1 saturated heterocycles. The maximum atomic E-state index is 10.1. The van der Waals surface area contributed by atoms with Crippen molar-refractivity contribution < 1.29 is 24.4 Å². The lowest BCUT2D eigenvalue weighted by Gasteiger charge is -2.42. The highest BCUT2D eigenvalue weighted by atomic mass is 16.7. The van der Waals surface area contributed by atoms with Crippen molar-refractivity contribution in [1.29, 1.82) is 0 Å². The van der Waals surface area contributed by atoms with Gasteiger partial charge >= 0.3 is 0 Å². The molecule has 1 aliphatic heterocycles. The average Bonchev–Trinajstić information content (AvgIpc) is 2.42. The Morgan fingerprint density at radius 1 is 1.36 bits per heavy atom. The van der Waals surface area contributed by atoms with Crippen molar-refractivity contribution in [2.45, 2.75) is 89.8 Å². The van der Waals surface area contributed by atoms with Gasteiger partial charge in [-0.3, -0.25) is 0 Å². The van der Waals surface area contributed by atoms with Gasteiger partial charge in [-0.25, -0.2) is 0 Å². The van der Waals surface area contributed by atoms with E-state index < -0.39 is 17.5 Å². The Hall–Kier alpha value is -0.200. The van der Waals surface area contributed by atoms with E-state index >= 15 is 0 Å². The van der Waals surface area contributed by atoms with Gasteiger partial charge in [-0.1, -0.05) is 26.7 Å². The van der Waals surface area contributed by atoms with Gasteiger partial charge in [0.2, 0.25) is 0 Å². The Labute approximate surface area is 135 Å². The summed E-state index contributed by atoms with van der Waals surface area (Å²) in [5, 5.41) is 19.7. The van der Waals surface area contributed by atoms with Crippen LogP contribution in [0.5, 0.6) is 0 Å². The molecule has 0 spiro atoms. The zero-order valence-corrected chi connectivity index (χ0v) is 14.6.